The molecule has 8 nitrogen and oxygen atoms in total. The van der Waals surface area contributed by atoms with Crippen LogP contribution in [-0.4, -0.2) is 56.3 Å². The molecule has 0 spiro atoms. The molecular weight excluding hydrogens is 357 g/mol. The summed E-state index contributed by atoms with van der Waals surface area (Å²) in [6, 6.07) is 0. The van der Waals surface area contributed by atoms with Gasteiger partial charge in [-0.05, 0) is 37.9 Å². The van der Waals surface area contributed by atoms with Crippen molar-refractivity contribution in [3.8, 4) is 0 Å². The van der Waals surface area contributed by atoms with Crippen LogP contribution < -0.4 is 0 Å². The first-order valence-corrected chi connectivity index (χ1v) is 11.4. The van der Waals surface area contributed by atoms with E-state index in [4.69, 9.17) is 13.8 Å². The minimum Gasteiger partial charge on any atom is -0.379 e. The largest absolute Gasteiger partial charge is 0.472 e. The molecule has 1 saturated carbocycles. The van der Waals surface area contributed by atoms with Gasteiger partial charge in [0, 0.05) is 14.2 Å². The van der Waals surface area contributed by atoms with Crippen LogP contribution in [0.25, 0.3) is 0 Å². The lowest BCUT2D eigenvalue weighted by molar-refractivity contribution is -0.0181. The highest BCUT2D eigenvalue weighted by Crippen LogP contribution is 2.53. The topological polar surface area (TPSA) is 112 Å². The van der Waals surface area contributed by atoms with Gasteiger partial charge in [-0.15, -0.1) is 0 Å². The minimum absolute atomic E-state index is 0.0425. The molecule has 0 radical (unpaired) electrons. The molecule has 0 bridgehead atoms. The van der Waals surface area contributed by atoms with E-state index in [0.29, 0.717) is 19.3 Å². The molecule has 0 heterocycles. The fraction of sp³-hybridized carbons (Fsp3) is 1.00. The van der Waals surface area contributed by atoms with Crippen LogP contribution in [0.3, 0.4) is 0 Å². The molecule has 1 fully saturated rings. The number of rotatable bonds is 10. The zero-order chi connectivity index (χ0) is 18.5. The third kappa shape index (κ3) is 6.54. The lowest BCUT2D eigenvalue weighted by Crippen LogP contribution is -2.32. The molecule has 24 heavy (non-hydrogen) atoms. The SMILES string of the molecule is BC1C[C@H](CCP(=O)(O)OC)[C@@H](OP(=O)(O)OC(C)CC)[C@H]1OC. The normalized spacial score (nSPS) is 33.8. The lowest BCUT2D eigenvalue weighted by atomic mass is 9.83. The Morgan fingerprint density at radius 3 is 2.38 bits per heavy atom. The Balaban J connectivity index is 2.83. The number of methoxy groups -OCH3 is 1. The molecule has 7 atom stereocenters. The molecule has 1 aliphatic rings. The average Bonchev–Trinajstić information content (AvgIpc) is 2.79. The summed E-state index contributed by atoms with van der Waals surface area (Å²) in [5.74, 6) is -0.101. The van der Waals surface area contributed by atoms with E-state index in [1.165, 1.54) is 14.2 Å². The maximum Gasteiger partial charge on any atom is 0.472 e. The van der Waals surface area contributed by atoms with Crippen molar-refractivity contribution >= 4 is 23.3 Å². The van der Waals surface area contributed by atoms with Gasteiger partial charge in [-0.3, -0.25) is 13.6 Å². The fourth-order valence-electron chi connectivity index (χ4n) is 3.03. The predicted octanol–water partition coefficient (Wildman–Crippen LogP) is 1.97. The highest BCUT2D eigenvalue weighted by Gasteiger charge is 2.46. The van der Waals surface area contributed by atoms with Gasteiger partial charge in [0.15, 0.2) is 0 Å². The van der Waals surface area contributed by atoms with Gasteiger partial charge in [-0.2, -0.15) is 0 Å². The molecule has 2 N–H and O–H groups in total. The molecule has 4 unspecified atom stereocenters. The van der Waals surface area contributed by atoms with E-state index in [2.05, 4.69) is 4.52 Å². The summed E-state index contributed by atoms with van der Waals surface area (Å²) < 4.78 is 44.4. The Morgan fingerprint density at radius 1 is 1.25 bits per heavy atom. The van der Waals surface area contributed by atoms with Gasteiger partial charge in [0.05, 0.1) is 24.5 Å². The van der Waals surface area contributed by atoms with Crippen molar-refractivity contribution in [3.05, 3.63) is 0 Å². The first-order valence-electron chi connectivity index (χ1n) is 8.15. The molecule has 0 saturated heterocycles. The summed E-state index contributed by atoms with van der Waals surface area (Å²) in [6.45, 7) is 3.53. The highest BCUT2D eigenvalue weighted by molar-refractivity contribution is 7.52. The molecule has 0 amide bonds. The molecule has 142 valence electrons. The zero-order valence-electron chi connectivity index (χ0n) is 15.0. The summed E-state index contributed by atoms with van der Waals surface area (Å²) in [7, 11) is -3.22. The van der Waals surface area contributed by atoms with Gasteiger partial charge in [-0.1, -0.05) is 6.92 Å². The Labute approximate surface area is 144 Å². The van der Waals surface area contributed by atoms with Gasteiger partial charge >= 0.3 is 15.4 Å². The number of hydrogen-bond acceptors (Lipinski definition) is 6. The summed E-state index contributed by atoms with van der Waals surface area (Å²) in [5.41, 5.74) is 0. The van der Waals surface area contributed by atoms with Crippen LogP contribution in [0, 0.1) is 5.92 Å². The van der Waals surface area contributed by atoms with Gasteiger partial charge in [0.1, 0.15) is 7.85 Å². The van der Waals surface area contributed by atoms with Crippen LogP contribution >= 0.6 is 15.4 Å². The molecule has 0 aromatic carbocycles. The van der Waals surface area contributed by atoms with Crippen LogP contribution in [0.15, 0.2) is 0 Å². The second-order valence-electron chi connectivity index (χ2n) is 6.37. The quantitative estimate of drug-likeness (QED) is 0.433. The number of ether oxygens (including phenoxy) is 1. The lowest BCUT2D eigenvalue weighted by Gasteiger charge is -2.28. The third-order valence-corrected chi connectivity index (χ3v) is 7.04. The number of phosphoric acid groups is 1. The highest BCUT2D eigenvalue weighted by atomic mass is 31.2. The maximum atomic E-state index is 12.2. The van der Waals surface area contributed by atoms with Gasteiger partial charge in [-0.25, -0.2) is 4.57 Å². The molecule has 0 aliphatic heterocycles. The summed E-state index contributed by atoms with van der Waals surface area (Å²) in [5, 5.41) is 0. The third-order valence-electron chi connectivity index (χ3n) is 4.51. The monoisotopic (exact) mass is 386 g/mol. The van der Waals surface area contributed by atoms with Crippen molar-refractivity contribution in [1.29, 1.82) is 0 Å². The first-order chi connectivity index (χ1) is 11.0. The Morgan fingerprint density at radius 2 is 1.88 bits per heavy atom. The number of hydrogen-bond donors (Lipinski definition) is 2. The van der Waals surface area contributed by atoms with E-state index in [0.717, 1.165) is 0 Å². The van der Waals surface area contributed by atoms with E-state index >= 15 is 0 Å². The van der Waals surface area contributed by atoms with Crippen LogP contribution in [0.1, 0.15) is 33.1 Å². The average molecular weight is 386 g/mol. The van der Waals surface area contributed by atoms with Crippen LogP contribution in [0.4, 0.5) is 0 Å². The predicted molar refractivity (Wildman–Crippen MR) is 93.1 cm³/mol. The van der Waals surface area contributed by atoms with Crippen molar-refractivity contribution in [2.45, 2.75) is 57.2 Å². The molecule has 11 heteroatoms. The van der Waals surface area contributed by atoms with Crippen molar-refractivity contribution in [1.82, 2.24) is 0 Å². The smallest absolute Gasteiger partial charge is 0.379 e. The van der Waals surface area contributed by atoms with E-state index in [1.807, 2.05) is 14.8 Å². The molecule has 0 aromatic heterocycles. The van der Waals surface area contributed by atoms with E-state index < -0.39 is 27.6 Å². The van der Waals surface area contributed by atoms with Crippen LogP contribution in [0.5, 0.6) is 0 Å². The van der Waals surface area contributed by atoms with E-state index in [9.17, 15) is 18.9 Å². The summed E-state index contributed by atoms with van der Waals surface area (Å²) >= 11 is 0. The van der Waals surface area contributed by atoms with Gasteiger partial charge in [0.2, 0.25) is 0 Å². The van der Waals surface area contributed by atoms with Crippen molar-refractivity contribution in [2.24, 2.45) is 5.92 Å². The van der Waals surface area contributed by atoms with Crippen molar-refractivity contribution < 1.29 is 37.2 Å². The van der Waals surface area contributed by atoms with Crippen LogP contribution in [-0.2, 0) is 27.4 Å². The van der Waals surface area contributed by atoms with E-state index in [-0.39, 0.29) is 24.0 Å². The van der Waals surface area contributed by atoms with Crippen molar-refractivity contribution in [2.75, 3.05) is 20.4 Å². The van der Waals surface area contributed by atoms with Gasteiger partial charge in [0.25, 0.3) is 0 Å². The number of phosphoric ester groups is 1. The second kappa shape index (κ2) is 9.29. The molecule has 1 rings (SSSR count). The van der Waals surface area contributed by atoms with Crippen LogP contribution in [0.2, 0.25) is 5.82 Å². The van der Waals surface area contributed by atoms with E-state index in [1.54, 1.807) is 6.92 Å². The van der Waals surface area contributed by atoms with Crippen molar-refractivity contribution in [3.63, 3.8) is 0 Å². The standard InChI is InChI=1S/C13H29BO8P2/c1-5-9(2)21-24(17,18)22-12-10(6-7-23(15,16)20-4)8-11(14)13(12)19-3/h9-13H,5-8,14H2,1-4H3,(H,15,16)(H,17,18)/t9?,10-,11?,12+,13-/m0/s1. The molecule has 0 aromatic rings. The molecular formula is C13H29BO8P2. The summed E-state index contributed by atoms with van der Waals surface area (Å²) in [6.07, 6.45) is 0.0617. The Hall–Kier alpha value is 0.285. The first kappa shape index (κ1) is 22.3. The fourth-order valence-corrected chi connectivity index (χ4v) is 5.13. The Kier molecular flexibility index (Phi) is 8.64. The minimum atomic E-state index is -4.24. The zero-order valence-corrected chi connectivity index (χ0v) is 16.7. The Bertz CT molecular complexity index is 491. The van der Waals surface area contributed by atoms with Gasteiger partial charge < -0.3 is 19.0 Å². The maximum absolute atomic E-state index is 12.2. The molecule has 1 aliphatic carbocycles. The second-order valence-corrected chi connectivity index (χ2v) is 9.81. The summed E-state index contributed by atoms with van der Waals surface area (Å²) in [4.78, 5) is 19.6.